The molecule has 1 fully saturated rings. The van der Waals surface area contributed by atoms with Crippen LogP contribution in [0.3, 0.4) is 0 Å². The molecule has 0 unspecified atom stereocenters. The maximum absolute atomic E-state index is 12.4. The predicted molar refractivity (Wildman–Crippen MR) is 103 cm³/mol. The quantitative estimate of drug-likeness (QED) is 0.605. The van der Waals surface area contributed by atoms with Gasteiger partial charge >= 0.3 is 6.36 Å². The largest absolute Gasteiger partial charge is 0.573 e. The van der Waals surface area contributed by atoms with Crippen LogP contribution in [0.5, 0.6) is 5.75 Å². The van der Waals surface area contributed by atoms with Crippen LogP contribution in [0.4, 0.5) is 13.2 Å². The average Bonchev–Trinajstić information content (AvgIpc) is 2.61. The Bertz CT molecular complexity index is 574. The van der Waals surface area contributed by atoms with Gasteiger partial charge in [0.2, 0.25) is 0 Å². The van der Waals surface area contributed by atoms with Crippen molar-refractivity contribution in [3.63, 3.8) is 0 Å². The van der Waals surface area contributed by atoms with Crippen LogP contribution in [0.2, 0.25) is 0 Å². The molecule has 3 nitrogen and oxygen atoms in total. The summed E-state index contributed by atoms with van der Waals surface area (Å²) in [5, 5.41) is 0. The van der Waals surface area contributed by atoms with E-state index in [2.05, 4.69) is 49.2 Å². The standard InChI is InChI=1S/C21H33F3N2O/c1-6-17-14-26(18(7-2)13-25(17)15(4)5)20(8-3)16-9-11-19(12-10-16)27-21(22,23)24/h9-12,15,17-18,20H,6-8,13-14H2,1-5H3/t17-,18+,20-/m0/s1. The summed E-state index contributed by atoms with van der Waals surface area (Å²) < 4.78 is 41.2. The molecule has 1 heterocycles. The summed E-state index contributed by atoms with van der Waals surface area (Å²) >= 11 is 0. The van der Waals surface area contributed by atoms with Crippen molar-refractivity contribution in [1.29, 1.82) is 0 Å². The summed E-state index contributed by atoms with van der Waals surface area (Å²) in [4.78, 5) is 5.16. The molecule has 0 spiro atoms. The smallest absolute Gasteiger partial charge is 0.406 e. The van der Waals surface area contributed by atoms with Crippen LogP contribution in [0.15, 0.2) is 24.3 Å². The lowest BCUT2D eigenvalue weighted by Gasteiger charge is -2.50. The Balaban J connectivity index is 2.21. The summed E-state index contributed by atoms with van der Waals surface area (Å²) in [6, 6.07) is 8.08. The number of piperazine rings is 1. The van der Waals surface area contributed by atoms with Gasteiger partial charge in [0.15, 0.2) is 0 Å². The fourth-order valence-electron chi connectivity index (χ4n) is 4.29. The summed E-state index contributed by atoms with van der Waals surface area (Å²) in [6.45, 7) is 13.1. The van der Waals surface area contributed by atoms with Crippen molar-refractivity contribution in [1.82, 2.24) is 9.80 Å². The second-order valence-corrected chi connectivity index (χ2v) is 7.65. The number of halogens is 3. The molecule has 154 valence electrons. The minimum atomic E-state index is -4.65. The summed E-state index contributed by atoms with van der Waals surface area (Å²) in [5.74, 6) is -0.163. The van der Waals surface area contributed by atoms with Crippen molar-refractivity contribution >= 4 is 0 Å². The molecule has 0 saturated carbocycles. The second-order valence-electron chi connectivity index (χ2n) is 7.65. The minimum absolute atomic E-state index is 0.163. The van der Waals surface area contributed by atoms with E-state index in [-0.39, 0.29) is 11.8 Å². The summed E-state index contributed by atoms with van der Waals surface area (Å²) in [5.41, 5.74) is 1.05. The zero-order chi connectivity index (χ0) is 20.2. The van der Waals surface area contributed by atoms with E-state index >= 15 is 0 Å². The van der Waals surface area contributed by atoms with E-state index in [1.165, 1.54) is 12.1 Å². The van der Waals surface area contributed by atoms with Crippen LogP contribution in [-0.4, -0.2) is 47.4 Å². The second kappa shape index (κ2) is 9.28. The van der Waals surface area contributed by atoms with Gasteiger partial charge in [0.25, 0.3) is 0 Å². The number of ether oxygens (including phenoxy) is 1. The van der Waals surface area contributed by atoms with E-state index in [1.807, 2.05) is 0 Å². The molecule has 6 heteroatoms. The Hall–Kier alpha value is -1.27. The molecule has 1 aliphatic rings. The molecule has 2 rings (SSSR count). The van der Waals surface area contributed by atoms with Crippen LogP contribution in [0.25, 0.3) is 0 Å². The molecule has 0 aromatic heterocycles. The van der Waals surface area contributed by atoms with E-state index in [1.54, 1.807) is 12.1 Å². The number of rotatable bonds is 7. The molecule has 1 aliphatic heterocycles. The molecular formula is C21H33F3N2O. The van der Waals surface area contributed by atoms with Crippen molar-refractivity contribution in [2.24, 2.45) is 0 Å². The van der Waals surface area contributed by atoms with Crippen LogP contribution in [0, 0.1) is 0 Å². The van der Waals surface area contributed by atoms with Crippen LogP contribution < -0.4 is 4.74 Å². The van der Waals surface area contributed by atoms with E-state index in [4.69, 9.17) is 0 Å². The Morgan fingerprint density at radius 3 is 1.93 bits per heavy atom. The first kappa shape index (κ1) is 22.0. The molecule has 0 amide bonds. The van der Waals surface area contributed by atoms with Crippen molar-refractivity contribution in [2.75, 3.05) is 13.1 Å². The Morgan fingerprint density at radius 1 is 0.963 bits per heavy atom. The third kappa shape index (κ3) is 5.61. The molecule has 1 aromatic rings. The maximum atomic E-state index is 12.4. The topological polar surface area (TPSA) is 15.7 Å². The summed E-state index contributed by atoms with van der Waals surface area (Å²) in [7, 11) is 0. The van der Waals surface area contributed by atoms with Gasteiger partial charge in [0, 0.05) is 37.3 Å². The fourth-order valence-corrected chi connectivity index (χ4v) is 4.29. The highest BCUT2D eigenvalue weighted by Crippen LogP contribution is 2.34. The van der Waals surface area contributed by atoms with Crippen molar-refractivity contribution in [3.05, 3.63) is 29.8 Å². The molecule has 0 N–H and O–H groups in total. The van der Waals surface area contributed by atoms with Gasteiger partial charge in [-0.15, -0.1) is 13.2 Å². The van der Waals surface area contributed by atoms with E-state index in [0.717, 1.165) is 37.9 Å². The van der Waals surface area contributed by atoms with Gasteiger partial charge in [-0.2, -0.15) is 0 Å². The lowest BCUT2D eigenvalue weighted by atomic mass is 9.94. The van der Waals surface area contributed by atoms with Crippen molar-refractivity contribution < 1.29 is 17.9 Å². The van der Waals surface area contributed by atoms with Crippen molar-refractivity contribution in [2.45, 2.75) is 84.4 Å². The Kier molecular flexibility index (Phi) is 7.57. The monoisotopic (exact) mass is 386 g/mol. The van der Waals surface area contributed by atoms with Crippen molar-refractivity contribution in [3.8, 4) is 5.75 Å². The first-order chi connectivity index (χ1) is 12.7. The van der Waals surface area contributed by atoms with E-state index < -0.39 is 6.36 Å². The highest BCUT2D eigenvalue weighted by atomic mass is 19.4. The Labute approximate surface area is 161 Å². The van der Waals surface area contributed by atoms with Gasteiger partial charge in [0.1, 0.15) is 5.75 Å². The van der Waals surface area contributed by atoms with Gasteiger partial charge < -0.3 is 4.74 Å². The predicted octanol–water partition coefficient (Wildman–Crippen LogP) is 5.62. The van der Waals surface area contributed by atoms with Crippen LogP contribution in [0.1, 0.15) is 65.5 Å². The molecule has 0 bridgehead atoms. The number of benzene rings is 1. The number of nitrogens with zero attached hydrogens (tertiary/aromatic N) is 2. The third-order valence-corrected chi connectivity index (χ3v) is 5.67. The lowest BCUT2D eigenvalue weighted by molar-refractivity contribution is -0.274. The number of hydrogen-bond acceptors (Lipinski definition) is 3. The molecular weight excluding hydrogens is 353 g/mol. The minimum Gasteiger partial charge on any atom is -0.406 e. The fraction of sp³-hybridized carbons (Fsp3) is 0.714. The first-order valence-corrected chi connectivity index (χ1v) is 10.1. The third-order valence-electron chi connectivity index (χ3n) is 5.67. The summed E-state index contributed by atoms with van der Waals surface area (Å²) in [6.07, 6.45) is -1.57. The van der Waals surface area contributed by atoms with Gasteiger partial charge in [-0.3, -0.25) is 9.80 Å². The van der Waals surface area contributed by atoms with Gasteiger partial charge in [-0.05, 0) is 50.8 Å². The lowest BCUT2D eigenvalue weighted by Crippen LogP contribution is -2.60. The highest BCUT2D eigenvalue weighted by Gasteiger charge is 2.37. The molecule has 27 heavy (non-hydrogen) atoms. The normalized spacial score (nSPS) is 23.6. The van der Waals surface area contributed by atoms with Crippen LogP contribution >= 0.6 is 0 Å². The zero-order valence-electron chi connectivity index (χ0n) is 17.1. The van der Waals surface area contributed by atoms with E-state index in [9.17, 15) is 13.2 Å². The highest BCUT2D eigenvalue weighted by molar-refractivity contribution is 5.29. The maximum Gasteiger partial charge on any atom is 0.573 e. The SMILES string of the molecule is CC[C@H]1CN([C@@H](CC)c2ccc(OC(F)(F)F)cc2)[C@H](CC)CN1C(C)C. The molecule has 3 atom stereocenters. The average molecular weight is 387 g/mol. The van der Waals surface area contributed by atoms with Gasteiger partial charge in [-0.1, -0.05) is 32.9 Å². The van der Waals surface area contributed by atoms with Gasteiger partial charge in [-0.25, -0.2) is 0 Å². The molecule has 0 radical (unpaired) electrons. The van der Waals surface area contributed by atoms with Gasteiger partial charge in [0.05, 0.1) is 0 Å². The number of hydrogen-bond donors (Lipinski definition) is 0. The number of alkyl halides is 3. The first-order valence-electron chi connectivity index (χ1n) is 10.1. The molecule has 1 saturated heterocycles. The molecule has 1 aromatic carbocycles. The Morgan fingerprint density at radius 2 is 1.48 bits per heavy atom. The zero-order valence-corrected chi connectivity index (χ0v) is 17.1. The molecule has 0 aliphatic carbocycles. The van der Waals surface area contributed by atoms with Crippen LogP contribution in [-0.2, 0) is 0 Å². The van der Waals surface area contributed by atoms with E-state index in [0.29, 0.717) is 18.1 Å².